The number of aromatic nitrogens is 2. The second-order valence-corrected chi connectivity index (χ2v) is 5.51. The minimum atomic E-state index is 0.103. The molecule has 0 saturated carbocycles. The minimum absolute atomic E-state index is 0.103. The fourth-order valence-electron chi connectivity index (χ4n) is 2.88. The topological polar surface area (TPSA) is 47.0 Å². The van der Waals surface area contributed by atoms with Crippen molar-refractivity contribution in [1.82, 2.24) is 9.97 Å². The van der Waals surface area contributed by atoms with Gasteiger partial charge < -0.3 is 10.1 Å². The van der Waals surface area contributed by atoms with Crippen LogP contribution in [0.15, 0.2) is 12.1 Å². The molecule has 1 aliphatic heterocycles. The lowest BCUT2D eigenvalue weighted by Crippen LogP contribution is -2.27. The largest absolute Gasteiger partial charge is 0.382 e. The number of nitrogens with one attached hydrogen (secondary N) is 1. The normalized spacial score (nSPS) is 21.6. The Balaban J connectivity index is 2.24. The molecule has 1 aromatic heterocycles. The smallest absolute Gasteiger partial charge is 0.0969 e. The highest BCUT2D eigenvalue weighted by Gasteiger charge is 2.27. The zero-order valence-electron chi connectivity index (χ0n) is 12.5. The van der Waals surface area contributed by atoms with Crippen molar-refractivity contribution in [2.75, 3.05) is 11.9 Å². The summed E-state index contributed by atoms with van der Waals surface area (Å²) in [7, 11) is 0. The van der Waals surface area contributed by atoms with E-state index in [4.69, 9.17) is 9.72 Å². The highest BCUT2D eigenvalue weighted by molar-refractivity contribution is 5.85. The predicted molar refractivity (Wildman–Crippen MR) is 81.1 cm³/mol. The van der Waals surface area contributed by atoms with Crippen molar-refractivity contribution in [2.24, 2.45) is 0 Å². The molecule has 1 N–H and O–H groups in total. The first-order valence-corrected chi connectivity index (χ1v) is 7.26. The number of rotatable bonds is 2. The van der Waals surface area contributed by atoms with Crippen molar-refractivity contribution in [1.29, 1.82) is 0 Å². The van der Waals surface area contributed by atoms with Crippen molar-refractivity contribution < 1.29 is 4.74 Å². The molecule has 3 rings (SSSR count). The maximum absolute atomic E-state index is 5.95. The van der Waals surface area contributed by atoms with Crippen LogP contribution in [0.3, 0.4) is 0 Å². The molecular formula is C16H21N3O. The van der Waals surface area contributed by atoms with Gasteiger partial charge in [-0.3, -0.25) is 0 Å². The van der Waals surface area contributed by atoms with Crippen LogP contribution in [0.1, 0.15) is 43.3 Å². The van der Waals surface area contributed by atoms with Crippen LogP contribution in [0, 0.1) is 13.8 Å². The molecule has 2 atom stereocenters. The number of aryl methyl sites for hydroxylation is 2. The minimum Gasteiger partial charge on any atom is -0.382 e. The summed E-state index contributed by atoms with van der Waals surface area (Å²) in [5.74, 6) is 0. The van der Waals surface area contributed by atoms with Crippen molar-refractivity contribution in [3.8, 4) is 0 Å². The molecule has 2 unspecified atom stereocenters. The summed E-state index contributed by atoms with van der Waals surface area (Å²) < 4.78 is 5.95. The lowest BCUT2D eigenvalue weighted by Gasteiger charge is -2.31. The summed E-state index contributed by atoms with van der Waals surface area (Å²) in [5.41, 5.74) is 6.20. The first-order chi connectivity index (χ1) is 9.60. The molecule has 1 aliphatic rings. The molecule has 0 saturated heterocycles. The Kier molecular flexibility index (Phi) is 3.34. The Morgan fingerprint density at radius 1 is 1.25 bits per heavy atom. The number of nitrogens with zero attached hydrogens (tertiary/aromatic N) is 2. The van der Waals surface area contributed by atoms with Crippen LogP contribution in [0.5, 0.6) is 0 Å². The van der Waals surface area contributed by atoms with Crippen LogP contribution in [-0.4, -0.2) is 22.6 Å². The fourth-order valence-corrected chi connectivity index (χ4v) is 2.88. The summed E-state index contributed by atoms with van der Waals surface area (Å²) in [6, 6.07) is 4.56. The van der Waals surface area contributed by atoms with E-state index in [9.17, 15) is 0 Å². The molecule has 0 amide bonds. The van der Waals surface area contributed by atoms with E-state index in [0.717, 1.165) is 40.1 Å². The van der Waals surface area contributed by atoms with E-state index in [1.54, 1.807) is 0 Å². The number of anilines is 1. The van der Waals surface area contributed by atoms with Crippen LogP contribution in [-0.2, 0) is 4.74 Å². The molecule has 0 radical (unpaired) electrons. The molecule has 0 bridgehead atoms. The molecule has 20 heavy (non-hydrogen) atoms. The van der Waals surface area contributed by atoms with Crippen molar-refractivity contribution >= 4 is 16.7 Å². The molecule has 4 nitrogen and oxygen atoms in total. The molecule has 2 aromatic rings. The number of benzene rings is 1. The van der Waals surface area contributed by atoms with Gasteiger partial charge in [-0.25, -0.2) is 9.97 Å². The summed E-state index contributed by atoms with van der Waals surface area (Å²) in [6.45, 7) is 8.95. The third kappa shape index (κ3) is 2.14. The third-order valence-corrected chi connectivity index (χ3v) is 3.95. The van der Waals surface area contributed by atoms with Crippen LogP contribution in [0.25, 0.3) is 11.0 Å². The third-order valence-electron chi connectivity index (χ3n) is 3.95. The summed E-state index contributed by atoms with van der Waals surface area (Å²) in [5, 5.41) is 3.53. The molecular weight excluding hydrogens is 250 g/mol. The Hall–Kier alpha value is -1.68. The fraction of sp³-hybridized carbons (Fsp3) is 0.500. The Morgan fingerprint density at radius 3 is 2.75 bits per heavy atom. The second kappa shape index (κ2) is 5.02. The van der Waals surface area contributed by atoms with E-state index in [-0.39, 0.29) is 6.10 Å². The number of ether oxygens (including phenoxy) is 1. The van der Waals surface area contributed by atoms with Gasteiger partial charge in [0.25, 0.3) is 0 Å². The zero-order valence-corrected chi connectivity index (χ0v) is 12.5. The first-order valence-electron chi connectivity index (χ1n) is 7.26. The van der Waals surface area contributed by atoms with Gasteiger partial charge in [0.15, 0.2) is 0 Å². The van der Waals surface area contributed by atoms with Crippen molar-refractivity contribution in [2.45, 2.75) is 46.3 Å². The van der Waals surface area contributed by atoms with E-state index in [1.165, 1.54) is 0 Å². The highest BCUT2D eigenvalue weighted by atomic mass is 16.5. The maximum atomic E-state index is 5.95. The number of hydrogen-bond donors (Lipinski definition) is 1. The Bertz CT molecular complexity index is 654. The molecule has 0 fully saturated rings. The number of fused-ring (bicyclic) bond motifs is 3. The maximum Gasteiger partial charge on any atom is 0.0969 e. The molecule has 0 spiro atoms. The standard InChI is InChI=1S/C16H21N3O/c1-5-20-14-8-9(2)17-12-6-7-13-16(15(12)14)19-11(4)10(3)18-13/h6-7,9,14,17H,5,8H2,1-4H3. The van der Waals surface area contributed by atoms with Gasteiger partial charge in [0, 0.05) is 23.9 Å². The molecule has 0 aliphatic carbocycles. The first kappa shape index (κ1) is 13.3. The van der Waals surface area contributed by atoms with Gasteiger partial charge in [-0.1, -0.05) is 0 Å². The molecule has 2 heterocycles. The van der Waals surface area contributed by atoms with Gasteiger partial charge in [-0.15, -0.1) is 0 Å². The van der Waals surface area contributed by atoms with Gasteiger partial charge in [0.1, 0.15) is 0 Å². The van der Waals surface area contributed by atoms with Gasteiger partial charge in [0.2, 0.25) is 0 Å². The van der Waals surface area contributed by atoms with E-state index in [1.807, 2.05) is 26.8 Å². The van der Waals surface area contributed by atoms with E-state index in [2.05, 4.69) is 23.3 Å². The van der Waals surface area contributed by atoms with Gasteiger partial charge in [-0.05, 0) is 46.2 Å². The van der Waals surface area contributed by atoms with E-state index >= 15 is 0 Å². The van der Waals surface area contributed by atoms with Crippen LogP contribution < -0.4 is 5.32 Å². The van der Waals surface area contributed by atoms with E-state index in [0.29, 0.717) is 12.6 Å². The molecule has 4 heteroatoms. The molecule has 1 aromatic carbocycles. The van der Waals surface area contributed by atoms with Gasteiger partial charge >= 0.3 is 0 Å². The lowest BCUT2D eigenvalue weighted by atomic mass is 9.94. The number of hydrogen-bond acceptors (Lipinski definition) is 4. The van der Waals surface area contributed by atoms with Crippen LogP contribution in [0.2, 0.25) is 0 Å². The van der Waals surface area contributed by atoms with Crippen molar-refractivity contribution in [3.05, 3.63) is 29.1 Å². The van der Waals surface area contributed by atoms with Crippen molar-refractivity contribution in [3.63, 3.8) is 0 Å². The lowest BCUT2D eigenvalue weighted by molar-refractivity contribution is 0.0521. The second-order valence-electron chi connectivity index (χ2n) is 5.51. The predicted octanol–water partition coefficient (Wildman–Crippen LogP) is 3.53. The summed E-state index contributed by atoms with van der Waals surface area (Å²) >= 11 is 0. The monoisotopic (exact) mass is 271 g/mol. The summed E-state index contributed by atoms with van der Waals surface area (Å²) in [4.78, 5) is 9.41. The average molecular weight is 271 g/mol. The zero-order chi connectivity index (χ0) is 14.3. The molecule has 106 valence electrons. The SMILES string of the molecule is CCOC1CC(C)Nc2ccc3nc(C)c(C)nc3c21. The van der Waals surface area contributed by atoms with Gasteiger partial charge in [0.05, 0.1) is 28.5 Å². The van der Waals surface area contributed by atoms with Crippen LogP contribution >= 0.6 is 0 Å². The Labute approximate surface area is 119 Å². The average Bonchev–Trinajstić information content (AvgIpc) is 2.40. The highest BCUT2D eigenvalue weighted by Crippen LogP contribution is 2.39. The van der Waals surface area contributed by atoms with Gasteiger partial charge in [-0.2, -0.15) is 0 Å². The van der Waals surface area contributed by atoms with Crippen LogP contribution in [0.4, 0.5) is 5.69 Å². The van der Waals surface area contributed by atoms with E-state index < -0.39 is 0 Å². The summed E-state index contributed by atoms with van der Waals surface area (Å²) in [6.07, 6.45) is 1.07. The Morgan fingerprint density at radius 2 is 2.00 bits per heavy atom. The quantitative estimate of drug-likeness (QED) is 0.907.